The van der Waals surface area contributed by atoms with Gasteiger partial charge in [-0.3, -0.25) is 9.59 Å². The lowest BCUT2D eigenvalue weighted by Gasteiger charge is -2.28. The SMILES string of the molecule is O=C(CCN1C(=O)CSc2ccccc21)OCc1c(Cl)cccc1Cl. The van der Waals surface area contributed by atoms with Crippen molar-refractivity contribution >= 4 is 52.5 Å². The van der Waals surface area contributed by atoms with Gasteiger partial charge >= 0.3 is 5.97 Å². The molecule has 130 valence electrons. The van der Waals surface area contributed by atoms with Crippen LogP contribution in [-0.4, -0.2) is 24.2 Å². The predicted molar refractivity (Wildman–Crippen MR) is 100 cm³/mol. The summed E-state index contributed by atoms with van der Waals surface area (Å²) in [4.78, 5) is 26.9. The first-order valence-corrected chi connectivity index (χ1v) is 9.41. The zero-order valence-corrected chi connectivity index (χ0v) is 15.5. The monoisotopic (exact) mass is 395 g/mol. The molecule has 0 fully saturated rings. The fourth-order valence-corrected chi connectivity index (χ4v) is 3.94. The molecule has 25 heavy (non-hydrogen) atoms. The van der Waals surface area contributed by atoms with Crippen LogP contribution in [0.1, 0.15) is 12.0 Å². The van der Waals surface area contributed by atoms with Gasteiger partial charge in [-0.1, -0.05) is 41.4 Å². The third-order valence-corrected chi connectivity index (χ3v) is 5.54. The van der Waals surface area contributed by atoms with Gasteiger partial charge in [0.05, 0.1) is 17.9 Å². The number of benzene rings is 2. The summed E-state index contributed by atoms with van der Waals surface area (Å²) >= 11 is 13.6. The van der Waals surface area contributed by atoms with Gasteiger partial charge < -0.3 is 9.64 Å². The molecule has 0 saturated carbocycles. The first-order valence-electron chi connectivity index (χ1n) is 7.67. The zero-order chi connectivity index (χ0) is 17.8. The molecule has 0 radical (unpaired) electrons. The Kier molecular flexibility index (Phi) is 5.89. The molecule has 2 aromatic carbocycles. The highest BCUT2D eigenvalue weighted by Gasteiger charge is 2.24. The fraction of sp³-hybridized carbons (Fsp3) is 0.222. The number of esters is 1. The average Bonchev–Trinajstić information content (AvgIpc) is 2.60. The van der Waals surface area contributed by atoms with Crippen LogP contribution in [0.2, 0.25) is 10.0 Å². The Labute approximate surface area is 160 Å². The van der Waals surface area contributed by atoms with Gasteiger partial charge in [-0.15, -0.1) is 11.8 Å². The molecule has 1 aliphatic heterocycles. The number of hydrogen-bond acceptors (Lipinski definition) is 4. The predicted octanol–water partition coefficient (Wildman–Crippen LogP) is 4.57. The average molecular weight is 396 g/mol. The first kappa shape index (κ1) is 18.1. The van der Waals surface area contributed by atoms with Crippen molar-refractivity contribution in [2.75, 3.05) is 17.2 Å². The molecule has 0 bridgehead atoms. The normalized spacial score (nSPS) is 13.5. The second kappa shape index (κ2) is 8.13. The minimum Gasteiger partial charge on any atom is -0.461 e. The van der Waals surface area contributed by atoms with Gasteiger partial charge in [0.1, 0.15) is 6.61 Å². The molecule has 0 aliphatic carbocycles. The topological polar surface area (TPSA) is 46.6 Å². The van der Waals surface area contributed by atoms with Crippen molar-refractivity contribution < 1.29 is 14.3 Å². The molecule has 0 atom stereocenters. The minimum absolute atomic E-state index is 0.00866. The van der Waals surface area contributed by atoms with Crippen LogP contribution in [0.5, 0.6) is 0 Å². The molecule has 1 amide bonds. The largest absolute Gasteiger partial charge is 0.461 e. The van der Waals surface area contributed by atoms with Crippen molar-refractivity contribution in [2.45, 2.75) is 17.9 Å². The van der Waals surface area contributed by atoms with Crippen LogP contribution in [0.3, 0.4) is 0 Å². The maximum atomic E-state index is 12.2. The molecule has 1 aliphatic rings. The van der Waals surface area contributed by atoms with E-state index in [1.807, 2.05) is 24.3 Å². The number of carbonyl (C=O) groups is 2. The molecular weight excluding hydrogens is 381 g/mol. The Hall–Kier alpha value is -1.69. The van der Waals surface area contributed by atoms with Gasteiger partial charge in [-0.25, -0.2) is 0 Å². The van der Waals surface area contributed by atoms with Gasteiger partial charge in [0.15, 0.2) is 0 Å². The van der Waals surface area contributed by atoms with Gasteiger partial charge in [0.2, 0.25) is 5.91 Å². The summed E-state index contributed by atoms with van der Waals surface area (Å²) in [6.45, 7) is 0.295. The quantitative estimate of drug-likeness (QED) is 0.695. The van der Waals surface area contributed by atoms with Gasteiger partial charge in [-0.2, -0.15) is 0 Å². The van der Waals surface area contributed by atoms with Crippen molar-refractivity contribution in [1.29, 1.82) is 0 Å². The van der Waals surface area contributed by atoms with E-state index >= 15 is 0 Å². The molecular formula is C18H15Cl2NO3S. The van der Waals surface area contributed by atoms with E-state index in [-0.39, 0.29) is 25.5 Å². The summed E-state index contributed by atoms with van der Waals surface area (Å²) in [5.41, 5.74) is 1.42. The van der Waals surface area contributed by atoms with E-state index in [1.54, 1.807) is 23.1 Å². The number of halogens is 2. The highest BCUT2D eigenvalue weighted by Crippen LogP contribution is 2.35. The lowest BCUT2D eigenvalue weighted by atomic mass is 10.2. The van der Waals surface area contributed by atoms with Crippen molar-refractivity contribution in [3.8, 4) is 0 Å². The summed E-state index contributed by atoms with van der Waals surface area (Å²) in [7, 11) is 0. The number of hydrogen-bond donors (Lipinski definition) is 0. The molecule has 1 heterocycles. The second-order valence-corrected chi connectivity index (χ2v) is 7.24. The highest BCUT2D eigenvalue weighted by atomic mass is 35.5. The van der Waals surface area contributed by atoms with E-state index in [2.05, 4.69) is 0 Å². The van der Waals surface area contributed by atoms with Crippen LogP contribution >= 0.6 is 35.0 Å². The van der Waals surface area contributed by atoms with Crippen molar-refractivity contribution in [2.24, 2.45) is 0 Å². The van der Waals surface area contributed by atoms with Crippen LogP contribution in [0.15, 0.2) is 47.4 Å². The Morgan fingerprint density at radius 3 is 2.60 bits per heavy atom. The third-order valence-electron chi connectivity index (χ3n) is 3.79. The Bertz CT molecular complexity index is 792. The van der Waals surface area contributed by atoms with Crippen LogP contribution in [0.25, 0.3) is 0 Å². The first-order chi connectivity index (χ1) is 12.1. The van der Waals surface area contributed by atoms with Crippen molar-refractivity contribution in [3.05, 3.63) is 58.1 Å². The number of thioether (sulfide) groups is 1. The molecule has 7 heteroatoms. The van der Waals surface area contributed by atoms with E-state index in [0.29, 0.717) is 21.4 Å². The molecule has 3 rings (SSSR count). The number of anilines is 1. The Morgan fingerprint density at radius 1 is 1.12 bits per heavy atom. The summed E-state index contributed by atoms with van der Waals surface area (Å²) in [5, 5.41) is 0.912. The van der Waals surface area contributed by atoms with Gasteiger partial charge in [-0.05, 0) is 24.3 Å². The van der Waals surface area contributed by atoms with Crippen LogP contribution < -0.4 is 4.90 Å². The van der Waals surface area contributed by atoms with E-state index in [1.165, 1.54) is 11.8 Å². The summed E-state index contributed by atoms with van der Waals surface area (Å²) < 4.78 is 5.25. The zero-order valence-electron chi connectivity index (χ0n) is 13.2. The Morgan fingerprint density at radius 2 is 1.84 bits per heavy atom. The van der Waals surface area contributed by atoms with E-state index in [9.17, 15) is 9.59 Å². The van der Waals surface area contributed by atoms with E-state index in [0.717, 1.165) is 10.6 Å². The minimum atomic E-state index is -0.403. The summed E-state index contributed by atoms with van der Waals surface area (Å²) in [6.07, 6.45) is 0.104. The maximum absolute atomic E-state index is 12.2. The fourth-order valence-electron chi connectivity index (χ4n) is 2.50. The summed E-state index contributed by atoms with van der Waals surface area (Å²) in [5.74, 6) is -0.0356. The highest BCUT2D eigenvalue weighted by molar-refractivity contribution is 8.00. The number of rotatable bonds is 5. The number of carbonyl (C=O) groups excluding carboxylic acids is 2. The van der Waals surface area contributed by atoms with E-state index < -0.39 is 5.97 Å². The van der Waals surface area contributed by atoms with Gasteiger partial charge in [0.25, 0.3) is 0 Å². The van der Waals surface area contributed by atoms with Crippen molar-refractivity contribution in [1.82, 2.24) is 0 Å². The molecule has 0 saturated heterocycles. The maximum Gasteiger partial charge on any atom is 0.307 e. The number of ether oxygens (including phenoxy) is 1. The molecule has 0 unspecified atom stereocenters. The smallest absolute Gasteiger partial charge is 0.307 e. The molecule has 4 nitrogen and oxygen atoms in total. The second-order valence-electron chi connectivity index (χ2n) is 5.41. The van der Waals surface area contributed by atoms with Crippen LogP contribution in [0, 0.1) is 0 Å². The number of amides is 1. The molecule has 0 aromatic heterocycles. The number of nitrogens with zero attached hydrogens (tertiary/aromatic N) is 1. The lowest BCUT2D eigenvalue weighted by Crippen LogP contribution is -2.37. The standard InChI is InChI=1S/C18H15Cl2NO3S/c19-13-4-3-5-14(20)12(13)10-24-18(23)8-9-21-15-6-1-2-7-16(15)25-11-17(21)22/h1-7H,8-11H2. The number of fused-ring (bicyclic) bond motifs is 1. The molecule has 0 spiro atoms. The summed E-state index contributed by atoms with van der Waals surface area (Å²) in [6, 6.07) is 12.8. The van der Waals surface area contributed by atoms with Crippen LogP contribution in [0.4, 0.5) is 5.69 Å². The molecule has 2 aromatic rings. The molecule has 0 N–H and O–H groups in total. The number of para-hydroxylation sites is 1. The van der Waals surface area contributed by atoms with E-state index in [4.69, 9.17) is 27.9 Å². The van der Waals surface area contributed by atoms with Gasteiger partial charge in [0, 0.05) is 27.0 Å². The van der Waals surface area contributed by atoms with Crippen LogP contribution in [-0.2, 0) is 20.9 Å². The third kappa shape index (κ3) is 4.29. The Balaban J connectivity index is 1.59. The van der Waals surface area contributed by atoms with Crippen molar-refractivity contribution in [3.63, 3.8) is 0 Å². The lowest BCUT2D eigenvalue weighted by molar-refractivity contribution is -0.144.